The molecule has 0 saturated heterocycles. The van der Waals surface area contributed by atoms with Crippen LogP contribution in [-0.4, -0.2) is 95.4 Å². The number of hydrogen-bond acceptors (Lipinski definition) is 8. The Morgan fingerprint density at radius 1 is 1.12 bits per heavy atom. The molecule has 1 aromatic carbocycles. The van der Waals surface area contributed by atoms with E-state index in [1.54, 1.807) is 54.9 Å². The van der Waals surface area contributed by atoms with Crippen molar-refractivity contribution in [3.05, 3.63) is 16.0 Å². The molecule has 0 amide bonds. The van der Waals surface area contributed by atoms with E-state index in [9.17, 15) is 18.0 Å². The first-order valence-electron chi connectivity index (χ1n) is 9.38. The van der Waals surface area contributed by atoms with Crippen LogP contribution in [0.2, 0.25) is 0 Å². The van der Waals surface area contributed by atoms with Crippen molar-refractivity contribution in [2.45, 2.75) is 10.7 Å². The molecule has 0 spiro atoms. The Kier molecular flexibility index (Phi) is 7.71. The van der Waals surface area contributed by atoms with E-state index in [2.05, 4.69) is 41.3 Å². The summed E-state index contributed by atoms with van der Waals surface area (Å²) >= 11 is 3.22. The van der Waals surface area contributed by atoms with E-state index in [-0.39, 0.29) is 21.8 Å². The van der Waals surface area contributed by atoms with E-state index in [4.69, 9.17) is 9.77 Å². The van der Waals surface area contributed by atoms with Gasteiger partial charge < -0.3 is 5.32 Å². The van der Waals surface area contributed by atoms with Gasteiger partial charge in [-0.3, -0.25) is 10.7 Å². The maximum atomic E-state index is 14.3. The zero-order chi connectivity index (χ0) is 24.6. The predicted octanol–water partition coefficient (Wildman–Crippen LogP) is -9.15. The molecule has 0 aliphatic heterocycles. The average molecular weight is 521 g/mol. The minimum atomic E-state index is -4.00. The van der Waals surface area contributed by atoms with Gasteiger partial charge in [0.15, 0.2) is 11.5 Å². The molecule has 2 rings (SSSR count). The fourth-order valence-corrected chi connectivity index (χ4v) is 4.28. The SMILES string of the molecule is Bc1c(B)c(/N=C(/NO)c2nonc2NC(B)(B)C(B)(B)NS(N)(=O)=O)c(B)c(Br)c1F. The smallest absolute Gasteiger partial charge is 0.273 e. The Hall–Kier alpha value is -1.68. The quantitative estimate of drug-likeness (QED) is 0.104. The molecule has 0 saturated carbocycles. The second-order valence-corrected chi connectivity index (χ2v) is 10.5. The highest BCUT2D eigenvalue weighted by Gasteiger charge is 2.40. The lowest BCUT2D eigenvalue weighted by molar-refractivity contribution is 0.234. The molecule has 0 fully saturated rings. The molecule has 6 N–H and O–H groups in total. The molecule has 164 valence electrons. The fraction of sp³-hybridized carbons (Fsp3) is 0.182. The molecule has 0 radical (unpaired) electrons. The van der Waals surface area contributed by atoms with Gasteiger partial charge in [-0.15, -0.1) is 0 Å². The summed E-state index contributed by atoms with van der Waals surface area (Å²) in [5, 5.41) is 23.5. The number of nitrogens with one attached hydrogen (secondary N) is 3. The molecule has 0 aliphatic carbocycles. The number of hydrogen-bond donors (Lipinski definition) is 5. The molecule has 0 unspecified atom stereocenters. The summed E-state index contributed by atoms with van der Waals surface area (Å²) in [6.07, 6.45) is 0. The molecule has 0 atom stereocenters. The van der Waals surface area contributed by atoms with Crippen molar-refractivity contribution in [3.8, 4) is 0 Å². The maximum absolute atomic E-state index is 14.3. The van der Waals surface area contributed by atoms with Gasteiger partial charge in [0.2, 0.25) is 5.82 Å². The second-order valence-electron chi connectivity index (χ2n) is 8.41. The molecule has 1 aromatic heterocycles. The van der Waals surface area contributed by atoms with Gasteiger partial charge in [0, 0.05) is 4.47 Å². The van der Waals surface area contributed by atoms with Gasteiger partial charge in [0.1, 0.15) is 60.7 Å². The highest BCUT2D eigenvalue weighted by Crippen LogP contribution is 2.21. The van der Waals surface area contributed by atoms with E-state index in [1.807, 2.05) is 5.48 Å². The number of nitrogens with two attached hydrogens (primary N) is 1. The van der Waals surface area contributed by atoms with Crippen LogP contribution in [0.25, 0.3) is 0 Å². The zero-order valence-corrected chi connectivity index (χ0v) is 21.2. The number of anilines is 1. The van der Waals surface area contributed by atoms with E-state index in [0.717, 1.165) is 0 Å². The van der Waals surface area contributed by atoms with Crippen molar-refractivity contribution in [2.75, 3.05) is 5.32 Å². The third-order valence-corrected chi connectivity index (χ3v) is 7.29. The summed E-state index contributed by atoms with van der Waals surface area (Å²) in [6.45, 7) is 0. The number of nitrogens with zero attached hydrogens (tertiary/aromatic N) is 3. The summed E-state index contributed by atoms with van der Waals surface area (Å²) < 4.78 is 44.9. The number of amidine groups is 1. The monoisotopic (exact) mass is 521 g/mol. The Labute approximate surface area is 199 Å². The summed E-state index contributed by atoms with van der Waals surface area (Å²) in [5.74, 6) is -0.437. The number of halogens is 2. The van der Waals surface area contributed by atoms with Gasteiger partial charge in [0.25, 0.3) is 10.2 Å². The normalized spacial score (nSPS) is 13.2. The van der Waals surface area contributed by atoms with Gasteiger partial charge in [-0.2, -0.15) is 8.42 Å². The number of hydroxylamine groups is 1. The van der Waals surface area contributed by atoms with Gasteiger partial charge in [0.05, 0.1) is 5.69 Å². The molecule has 0 aliphatic rings. The van der Waals surface area contributed by atoms with E-state index < -0.39 is 26.7 Å². The molecular formula is C11H20B7BrFN7O4S. The van der Waals surface area contributed by atoms with E-state index in [1.165, 1.54) is 0 Å². The zero-order valence-electron chi connectivity index (χ0n) is 18.8. The predicted molar refractivity (Wildman–Crippen MR) is 144 cm³/mol. The molecular weight excluding hydrogens is 501 g/mol. The summed E-state index contributed by atoms with van der Waals surface area (Å²) in [7, 11) is 7.68. The van der Waals surface area contributed by atoms with E-state index in [0.29, 0.717) is 22.1 Å². The Bertz CT molecular complexity index is 1150. The van der Waals surface area contributed by atoms with Crippen LogP contribution in [0.4, 0.5) is 15.9 Å². The summed E-state index contributed by atoms with van der Waals surface area (Å²) in [4.78, 5) is 4.42. The molecule has 2 aromatic rings. The Morgan fingerprint density at radius 2 is 1.72 bits per heavy atom. The van der Waals surface area contributed by atoms with Crippen LogP contribution < -0.4 is 37.0 Å². The Morgan fingerprint density at radius 3 is 2.25 bits per heavy atom. The number of aliphatic imine (C=N–C) groups is 1. The van der Waals surface area contributed by atoms with Crippen molar-refractivity contribution < 1.29 is 22.6 Å². The minimum Gasteiger partial charge on any atom is -0.375 e. The topological polar surface area (TPSA) is 168 Å². The third kappa shape index (κ3) is 5.44. The lowest BCUT2D eigenvalue weighted by Crippen LogP contribution is -2.70. The van der Waals surface area contributed by atoms with Gasteiger partial charge in [-0.25, -0.2) is 23.9 Å². The highest BCUT2D eigenvalue weighted by atomic mass is 79.9. The van der Waals surface area contributed by atoms with Crippen LogP contribution in [0.1, 0.15) is 5.69 Å². The van der Waals surface area contributed by atoms with Crippen molar-refractivity contribution in [2.24, 2.45) is 10.1 Å². The first-order valence-corrected chi connectivity index (χ1v) is 11.7. The average Bonchev–Trinajstić information content (AvgIpc) is 3.10. The summed E-state index contributed by atoms with van der Waals surface area (Å²) in [6, 6.07) is 0. The van der Waals surface area contributed by atoms with Crippen molar-refractivity contribution >= 4 is 115 Å². The largest absolute Gasteiger partial charge is 0.375 e. The molecule has 0 bridgehead atoms. The van der Waals surface area contributed by atoms with E-state index >= 15 is 0 Å². The van der Waals surface area contributed by atoms with Gasteiger partial charge in [-0.1, -0.05) is 10.9 Å². The molecule has 21 heteroatoms. The standard InChI is InChI=1S/C11H20B7BrFN7O4S/c12-1-2(13)6(3(14)4(19)5(1)20)22-8(24-28)7-9(26-31-25-7)23-10(15,16)11(17,18)27-32(21,29)30/h27-28H,12-18H2,(H,22,24)(H,23,26)(H2,21,29,30). The van der Waals surface area contributed by atoms with Crippen molar-refractivity contribution in [1.29, 1.82) is 0 Å². The van der Waals surface area contributed by atoms with Crippen molar-refractivity contribution in [1.82, 2.24) is 20.5 Å². The minimum absolute atomic E-state index is 0.0175. The van der Waals surface area contributed by atoms with Gasteiger partial charge >= 0.3 is 0 Å². The lowest BCUT2D eigenvalue weighted by Gasteiger charge is -2.43. The first kappa shape index (κ1) is 26.6. The van der Waals surface area contributed by atoms with Crippen LogP contribution in [0, 0.1) is 5.82 Å². The van der Waals surface area contributed by atoms with Crippen LogP contribution in [0.5, 0.6) is 0 Å². The fourth-order valence-electron chi connectivity index (χ4n) is 2.83. The number of aromatic nitrogens is 2. The maximum Gasteiger partial charge on any atom is 0.273 e. The molecule has 1 heterocycles. The molecule has 32 heavy (non-hydrogen) atoms. The lowest BCUT2D eigenvalue weighted by atomic mass is 9.38. The number of benzene rings is 1. The summed E-state index contributed by atoms with van der Waals surface area (Å²) in [5.41, 5.74) is 3.88. The highest BCUT2D eigenvalue weighted by molar-refractivity contribution is 9.10. The first-order chi connectivity index (χ1) is 14.5. The van der Waals surface area contributed by atoms with Crippen LogP contribution in [0.3, 0.4) is 0 Å². The van der Waals surface area contributed by atoms with Crippen LogP contribution >= 0.6 is 15.9 Å². The Balaban J connectivity index is 2.53. The van der Waals surface area contributed by atoms with Crippen LogP contribution in [0.15, 0.2) is 14.1 Å². The van der Waals surface area contributed by atoms with Gasteiger partial charge in [-0.05, 0) is 42.4 Å². The number of rotatable bonds is 7. The third-order valence-electron chi connectivity index (χ3n) is 5.56. The molecule has 11 nitrogen and oxygen atoms in total. The van der Waals surface area contributed by atoms with Crippen LogP contribution in [-0.2, 0) is 10.2 Å². The second kappa shape index (κ2) is 9.29. The van der Waals surface area contributed by atoms with Crippen molar-refractivity contribution in [3.63, 3.8) is 0 Å².